The van der Waals surface area contributed by atoms with E-state index in [0.717, 1.165) is 0 Å². The van der Waals surface area contributed by atoms with E-state index in [1.54, 1.807) is 43.3 Å². The predicted molar refractivity (Wildman–Crippen MR) is 116 cm³/mol. The van der Waals surface area contributed by atoms with E-state index in [0.29, 0.717) is 35.4 Å². The average molecular weight is 427 g/mol. The van der Waals surface area contributed by atoms with E-state index >= 15 is 0 Å². The van der Waals surface area contributed by atoms with Crippen LogP contribution in [0.15, 0.2) is 51.7 Å². The molecule has 164 valence electrons. The summed E-state index contributed by atoms with van der Waals surface area (Å²) < 4.78 is 27.0. The van der Waals surface area contributed by atoms with Crippen LogP contribution in [0.1, 0.15) is 32.4 Å². The van der Waals surface area contributed by atoms with Gasteiger partial charge in [0.05, 0.1) is 23.4 Å². The highest BCUT2D eigenvalue weighted by molar-refractivity contribution is 5.82. The fraction of sp³-hybridized carbons (Fsp3) is 0.391. The summed E-state index contributed by atoms with van der Waals surface area (Å²) >= 11 is 0. The number of fused-ring (bicyclic) bond motifs is 1. The first-order chi connectivity index (χ1) is 14.8. The van der Waals surface area contributed by atoms with Gasteiger partial charge in [-0.25, -0.2) is 9.18 Å². The lowest BCUT2D eigenvalue weighted by molar-refractivity contribution is -0.124. The third-order valence-electron chi connectivity index (χ3n) is 5.52. The molecule has 31 heavy (non-hydrogen) atoms. The van der Waals surface area contributed by atoms with Gasteiger partial charge in [0.1, 0.15) is 11.9 Å². The molecule has 4 rings (SSSR count). The number of carbonyl (C=O) groups is 1. The first-order valence-electron chi connectivity index (χ1n) is 10.4. The second-order valence-corrected chi connectivity index (χ2v) is 8.05. The number of ether oxygens (including phenoxy) is 1. The van der Waals surface area contributed by atoms with Crippen molar-refractivity contribution in [3.8, 4) is 0 Å². The Balaban J connectivity index is 1.44. The van der Waals surface area contributed by atoms with E-state index in [2.05, 4.69) is 5.32 Å². The van der Waals surface area contributed by atoms with E-state index in [1.165, 1.54) is 10.6 Å². The van der Waals surface area contributed by atoms with Gasteiger partial charge in [-0.2, -0.15) is 0 Å². The van der Waals surface area contributed by atoms with Crippen LogP contribution in [0.5, 0.6) is 0 Å². The molecule has 0 aliphatic carbocycles. The summed E-state index contributed by atoms with van der Waals surface area (Å²) in [6, 6.07) is 11.1. The Bertz CT molecular complexity index is 1150. The highest BCUT2D eigenvalue weighted by Gasteiger charge is 2.25. The van der Waals surface area contributed by atoms with E-state index in [4.69, 9.17) is 9.15 Å². The Morgan fingerprint density at radius 1 is 1.19 bits per heavy atom. The maximum Gasteiger partial charge on any atom is 0.420 e. The van der Waals surface area contributed by atoms with Crippen molar-refractivity contribution in [1.82, 2.24) is 9.88 Å². The molecule has 0 radical (unpaired) electrons. The number of oxazole rings is 1. The number of rotatable bonds is 5. The zero-order valence-corrected chi connectivity index (χ0v) is 17.8. The van der Waals surface area contributed by atoms with Gasteiger partial charge in [0, 0.05) is 19.6 Å². The number of amides is 1. The number of benzene rings is 2. The third-order valence-corrected chi connectivity index (χ3v) is 5.52. The second kappa shape index (κ2) is 8.55. The van der Waals surface area contributed by atoms with Crippen molar-refractivity contribution < 1.29 is 18.3 Å². The fourth-order valence-electron chi connectivity index (χ4n) is 4.10. The molecule has 0 bridgehead atoms. The van der Waals surface area contributed by atoms with Crippen LogP contribution < -0.4 is 16.0 Å². The van der Waals surface area contributed by atoms with Gasteiger partial charge in [-0.15, -0.1) is 0 Å². The van der Waals surface area contributed by atoms with Crippen molar-refractivity contribution in [1.29, 1.82) is 0 Å². The summed E-state index contributed by atoms with van der Waals surface area (Å²) in [6.45, 7) is 6.98. The minimum Gasteiger partial charge on any atom is -0.408 e. The van der Waals surface area contributed by atoms with Crippen LogP contribution in [0.25, 0.3) is 11.1 Å². The zero-order chi connectivity index (χ0) is 22.1. The summed E-state index contributed by atoms with van der Waals surface area (Å²) in [5.74, 6) is -1.28. The molecule has 3 aromatic rings. The largest absolute Gasteiger partial charge is 0.420 e. The van der Waals surface area contributed by atoms with Crippen LogP contribution in [0, 0.1) is 5.82 Å². The van der Waals surface area contributed by atoms with Crippen molar-refractivity contribution in [2.75, 3.05) is 18.0 Å². The second-order valence-electron chi connectivity index (χ2n) is 8.05. The fourth-order valence-corrected chi connectivity index (χ4v) is 4.10. The Labute approximate surface area is 179 Å². The Kier molecular flexibility index (Phi) is 5.82. The lowest BCUT2D eigenvalue weighted by Gasteiger charge is -2.37. The summed E-state index contributed by atoms with van der Waals surface area (Å²) in [7, 11) is 0. The topological polar surface area (TPSA) is 76.7 Å². The number of halogens is 1. The number of hydrogen-bond donors (Lipinski definition) is 1. The molecule has 1 fully saturated rings. The molecule has 8 heteroatoms. The quantitative estimate of drug-likeness (QED) is 0.677. The van der Waals surface area contributed by atoms with Crippen LogP contribution in [-0.4, -0.2) is 35.8 Å². The molecule has 2 heterocycles. The van der Waals surface area contributed by atoms with E-state index in [9.17, 15) is 14.0 Å². The van der Waals surface area contributed by atoms with Gasteiger partial charge in [0.15, 0.2) is 5.58 Å². The number of hydrogen-bond acceptors (Lipinski definition) is 5. The van der Waals surface area contributed by atoms with Crippen LogP contribution in [0.2, 0.25) is 0 Å². The molecule has 1 aliphatic rings. The summed E-state index contributed by atoms with van der Waals surface area (Å²) in [6.07, 6.45) is 0.0667. The predicted octanol–water partition coefficient (Wildman–Crippen LogP) is 3.22. The maximum atomic E-state index is 14.8. The molecular formula is C23H26FN3O4. The molecular weight excluding hydrogens is 401 g/mol. The van der Waals surface area contributed by atoms with Gasteiger partial charge in [-0.1, -0.05) is 18.2 Å². The smallest absolute Gasteiger partial charge is 0.408 e. The third kappa shape index (κ3) is 4.34. The van der Waals surface area contributed by atoms with Crippen LogP contribution in [0.3, 0.4) is 0 Å². The molecule has 3 atom stereocenters. The Morgan fingerprint density at radius 3 is 2.61 bits per heavy atom. The first kappa shape index (κ1) is 21.1. The molecule has 7 nitrogen and oxygen atoms in total. The van der Waals surface area contributed by atoms with Gasteiger partial charge in [-0.3, -0.25) is 9.36 Å². The highest BCUT2D eigenvalue weighted by Crippen LogP contribution is 2.24. The van der Waals surface area contributed by atoms with Gasteiger partial charge in [-0.05, 0) is 50.6 Å². The number of nitrogens with zero attached hydrogens (tertiary/aromatic N) is 2. The van der Waals surface area contributed by atoms with E-state index in [-0.39, 0.29) is 30.5 Å². The molecule has 1 aromatic heterocycles. The molecule has 1 saturated heterocycles. The van der Waals surface area contributed by atoms with Gasteiger partial charge in [0.25, 0.3) is 0 Å². The number of nitrogens with one attached hydrogen (secondary N) is 1. The van der Waals surface area contributed by atoms with Crippen molar-refractivity contribution in [2.45, 2.75) is 45.6 Å². The van der Waals surface area contributed by atoms with E-state index in [1.807, 2.05) is 18.7 Å². The van der Waals surface area contributed by atoms with Gasteiger partial charge in [0.2, 0.25) is 5.91 Å². The normalized spacial score (nSPS) is 20.1. The number of anilines is 1. The van der Waals surface area contributed by atoms with Crippen LogP contribution >= 0.6 is 0 Å². The van der Waals surface area contributed by atoms with Crippen molar-refractivity contribution in [3.05, 3.63) is 64.4 Å². The monoisotopic (exact) mass is 427 g/mol. The zero-order valence-electron chi connectivity index (χ0n) is 17.8. The molecule has 1 N–H and O–H groups in total. The number of aromatic nitrogens is 1. The van der Waals surface area contributed by atoms with E-state index < -0.39 is 11.8 Å². The van der Waals surface area contributed by atoms with Crippen LogP contribution in [0.4, 0.5) is 10.1 Å². The molecule has 0 saturated carbocycles. The summed E-state index contributed by atoms with van der Waals surface area (Å²) in [5, 5.41) is 2.78. The van der Waals surface area contributed by atoms with Crippen molar-refractivity contribution in [2.24, 2.45) is 0 Å². The van der Waals surface area contributed by atoms with Crippen molar-refractivity contribution >= 4 is 22.7 Å². The minimum absolute atomic E-state index is 0.0333. The SMILES string of the molecule is CC1CN(c2ccc(CNC(=O)C(C)n3c(=O)oc4ccccc43)cc2F)CC(C)O1. The average Bonchev–Trinajstić information content (AvgIpc) is 3.06. The van der Waals surface area contributed by atoms with Crippen LogP contribution in [-0.2, 0) is 16.1 Å². The Hall–Kier alpha value is -3.13. The lowest BCUT2D eigenvalue weighted by atomic mass is 10.1. The number of para-hydroxylation sites is 2. The molecule has 0 spiro atoms. The maximum absolute atomic E-state index is 14.8. The van der Waals surface area contributed by atoms with Crippen molar-refractivity contribution in [3.63, 3.8) is 0 Å². The van der Waals surface area contributed by atoms with Gasteiger partial charge < -0.3 is 19.4 Å². The summed E-state index contributed by atoms with van der Waals surface area (Å²) in [5.41, 5.74) is 2.15. The number of morpholine rings is 1. The molecule has 1 aliphatic heterocycles. The Morgan fingerprint density at radius 2 is 1.90 bits per heavy atom. The molecule has 2 aromatic carbocycles. The molecule has 1 amide bonds. The van der Waals surface area contributed by atoms with Gasteiger partial charge >= 0.3 is 5.76 Å². The lowest BCUT2D eigenvalue weighted by Crippen LogP contribution is -2.45. The highest BCUT2D eigenvalue weighted by atomic mass is 19.1. The summed E-state index contributed by atoms with van der Waals surface area (Å²) in [4.78, 5) is 26.8. The first-order valence-corrected chi connectivity index (χ1v) is 10.4. The number of carbonyl (C=O) groups excluding carboxylic acids is 1. The minimum atomic E-state index is -0.767. The molecule has 3 unspecified atom stereocenters. The standard InChI is InChI=1S/C23H26FN3O4/c1-14-12-26(13-15(2)30-14)19-9-8-17(10-18(19)24)11-25-22(28)16(3)27-20-6-4-5-7-21(20)31-23(27)29/h4-10,14-16H,11-13H2,1-3H3,(H,25,28).